The van der Waals surface area contributed by atoms with Gasteiger partial charge in [0.1, 0.15) is 17.4 Å². The molecule has 0 fully saturated rings. The quantitative estimate of drug-likeness (QED) is 0.910. The maximum absolute atomic E-state index is 13.0. The van der Waals surface area contributed by atoms with Crippen molar-refractivity contribution in [2.75, 3.05) is 0 Å². The Morgan fingerprint density at radius 1 is 1.42 bits per heavy atom. The van der Waals surface area contributed by atoms with Crippen molar-refractivity contribution in [3.8, 4) is 11.8 Å². The Kier molecular flexibility index (Phi) is 4.08. The summed E-state index contributed by atoms with van der Waals surface area (Å²) in [5, 5.41) is 10.0. The number of fused-ring (bicyclic) bond motifs is 1. The van der Waals surface area contributed by atoms with Crippen LogP contribution >= 0.6 is 11.6 Å². The van der Waals surface area contributed by atoms with Gasteiger partial charge < -0.3 is 15.0 Å². The van der Waals surface area contributed by atoms with E-state index in [1.54, 1.807) is 28.8 Å². The Bertz CT molecular complexity index is 954. The third-order valence-electron chi connectivity index (χ3n) is 4.22. The molecule has 0 saturated heterocycles. The monoisotopic (exact) mass is 341 g/mol. The van der Waals surface area contributed by atoms with E-state index in [1.165, 1.54) is 0 Å². The second kappa shape index (κ2) is 6.06. The first-order valence-corrected chi connectivity index (χ1v) is 7.93. The van der Waals surface area contributed by atoms with Gasteiger partial charge in [-0.3, -0.25) is 4.79 Å². The maximum atomic E-state index is 13.0. The van der Waals surface area contributed by atoms with E-state index in [1.807, 2.05) is 19.9 Å². The fourth-order valence-corrected chi connectivity index (χ4v) is 3.34. The smallest absolute Gasteiger partial charge is 0.258 e. The second-order valence-electron chi connectivity index (χ2n) is 5.56. The summed E-state index contributed by atoms with van der Waals surface area (Å²) in [4.78, 5) is 13.0. The van der Waals surface area contributed by atoms with Gasteiger partial charge in [-0.15, -0.1) is 0 Å². The van der Waals surface area contributed by atoms with Crippen molar-refractivity contribution in [2.24, 2.45) is 5.73 Å². The van der Waals surface area contributed by atoms with Gasteiger partial charge in [0.15, 0.2) is 0 Å². The normalized spacial score (nSPS) is 16.3. The number of nitrogens with two attached hydrogens (primary N) is 1. The van der Waals surface area contributed by atoms with Crippen LogP contribution in [-0.4, -0.2) is 4.57 Å². The molecule has 0 amide bonds. The van der Waals surface area contributed by atoms with Crippen LogP contribution in [0.1, 0.15) is 29.7 Å². The Morgan fingerprint density at radius 2 is 2.12 bits per heavy atom. The molecule has 5 nitrogen and oxygen atoms in total. The van der Waals surface area contributed by atoms with Crippen molar-refractivity contribution < 1.29 is 4.74 Å². The molecule has 24 heavy (non-hydrogen) atoms. The van der Waals surface area contributed by atoms with Crippen molar-refractivity contribution >= 4 is 11.6 Å². The molecule has 2 aromatic rings. The zero-order valence-electron chi connectivity index (χ0n) is 13.3. The van der Waals surface area contributed by atoms with Gasteiger partial charge in [-0.05, 0) is 25.5 Å². The van der Waals surface area contributed by atoms with Crippen molar-refractivity contribution in [2.45, 2.75) is 26.3 Å². The number of benzene rings is 1. The molecule has 0 bridgehead atoms. The minimum absolute atomic E-state index is 0.00275. The molecular formula is C18H16ClN3O2. The zero-order valence-corrected chi connectivity index (χ0v) is 14.1. The van der Waals surface area contributed by atoms with E-state index in [4.69, 9.17) is 22.1 Å². The highest BCUT2D eigenvalue weighted by Crippen LogP contribution is 2.42. The second-order valence-corrected chi connectivity index (χ2v) is 5.97. The summed E-state index contributed by atoms with van der Waals surface area (Å²) in [6, 6.07) is 11.0. The first-order valence-electron chi connectivity index (χ1n) is 7.55. The third kappa shape index (κ3) is 2.36. The Labute approximate surface area is 144 Å². The fraction of sp³-hybridized carbons (Fsp3) is 0.222. The number of hydrogen-bond acceptors (Lipinski definition) is 4. The highest BCUT2D eigenvalue weighted by Gasteiger charge is 2.35. The Morgan fingerprint density at radius 3 is 2.75 bits per heavy atom. The van der Waals surface area contributed by atoms with Crippen molar-refractivity contribution in [3.05, 3.63) is 74.0 Å². The van der Waals surface area contributed by atoms with Crippen molar-refractivity contribution in [1.29, 1.82) is 5.26 Å². The van der Waals surface area contributed by atoms with Gasteiger partial charge in [-0.25, -0.2) is 0 Å². The maximum Gasteiger partial charge on any atom is 0.258 e. The first kappa shape index (κ1) is 16.2. The molecule has 2 N–H and O–H groups in total. The number of pyridine rings is 1. The fourth-order valence-electron chi connectivity index (χ4n) is 3.10. The predicted molar refractivity (Wildman–Crippen MR) is 91.9 cm³/mol. The van der Waals surface area contributed by atoms with Crippen molar-refractivity contribution in [3.63, 3.8) is 0 Å². The standard InChI is InChI=1S/C18H16ClN3O2/c1-3-22-10(2)8-14-16(18(22)23)15(12(9-20)17(21)24-14)11-6-4-5-7-13(11)19/h4-8,15H,3,21H2,1-2H3/t15-/m0/s1. The summed E-state index contributed by atoms with van der Waals surface area (Å²) >= 11 is 6.33. The lowest BCUT2D eigenvalue weighted by atomic mass is 9.84. The molecule has 6 heteroatoms. The summed E-state index contributed by atoms with van der Waals surface area (Å²) in [5.74, 6) is -0.259. The van der Waals surface area contributed by atoms with Crippen LogP contribution in [0.25, 0.3) is 0 Å². The van der Waals surface area contributed by atoms with E-state index in [0.29, 0.717) is 28.4 Å². The molecule has 1 aliphatic heterocycles. The van der Waals surface area contributed by atoms with Gasteiger partial charge in [-0.2, -0.15) is 5.26 Å². The topological polar surface area (TPSA) is 81.0 Å². The number of rotatable bonds is 2. The summed E-state index contributed by atoms with van der Waals surface area (Å²) in [6.07, 6.45) is 0. The van der Waals surface area contributed by atoms with E-state index >= 15 is 0 Å². The Balaban J connectivity index is 2.39. The lowest BCUT2D eigenvalue weighted by Crippen LogP contribution is -2.32. The van der Waals surface area contributed by atoms with Crippen LogP contribution in [0.15, 0.2) is 46.6 Å². The molecule has 0 spiro atoms. The number of allylic oxidation sites excluding steroid dienone is 1. The van der Waals surface area contributed by atoms with Gasteiger partial charge in [0.25, 0.3) is 5.56 Å². The molecule has 0 aliphatic carbocycles. The van der Waals surface area contributed by atoms with Crippen LogP contribution in [0, 0.1) is 18.3 Å². The Hall–Kier alpha value is -2.71. The first-order chi connectivity index (χ1) is 11.5. The van der Waals surface area contributed by atoms with Gasteiger partial charge in [0, 0.05) is 23.3 Å². The minimum Gasteiger partial charge on any atom is -0.440 e. The van der Waals surface area contributed by atoms with Crippen LogP contribution in [0.2, 0.25) is 5.02 Å². The number of aryl methyl sites for hydroxylation is 1. The van der Waals surface area contributed by atoms with E-state index in [-0.39, 0.29) is 17.0 Å². The SMILES string of the molecule is CCn1c(C)cc2c(c1=O)[C@@H](c1ccccc1Cl)C(C#N)=C(N)O2. The molecule has 3 rings (SSSR count). The lowest BCUT2D eigenvalue weighted by Gasteiger charge is -2.27. The lowest BCUT2D eigenvalue weighted by molar-refractivity contribution is 0.388. The molecule has 2 heterocycles. The molecule has 1 aromatic carbocycles. The minimum atomic E-state index is -0.640. The molecule has 0 unspecified atom stereocenters. The highest BCUT2D eigenvalue weighted by atomic mass is 35.5. The number of nitrogens with zero attached hydrogens (tertiary/aromatic N) is 2. The molecule has 1 aromatic heterocycles. The van der Waals surface area contributed by atoms with Gasteiger partial charge in [0.05, 0.1) is 11.5 Å². The van der Waals surface area contributed by atoms with Crippen LogP contribution in [0.5, 0.6) is 5.75 Å². The molecule has 1 atom stereocenters. The van der Waals surface area contributed by atoms with Crippen LogP contribution in [-0.2, 0) is 6.54 Å². The third-order valence-corrected chi connectivity index (χ3v) is 4.57. The largest absolute Gasteiger partial charge is 0.440 e. The number of aromatic nitrogens is 1. The molecule has 122 valence electrons. The molecular weight excluding hydrogens is 326 g/mol. The number of hydrogen-bond donors (Lipinski definition) is 1. The van der Waals surface area contributed by atoms with E-state index in [0.717, 1.165) is 5.69 Å². The predicted octanol–water partition coefficient (Wildman–Crippen LogP) is 3.05. The summed E-state index contributed by atoms with van der Waals surface area (Å²) < 4.78 is 7.21. The zero-order chi connectivity index (χ0) is 17.4. The number of ether oxygens (including phenoxy) is 1. The number of nitriles is 1. The van der Waals surface area contributed by atoms with Gasteiger partial charge in [0.2, 0.25) is 5.88 Å². The van der Waals surface area contributed by atoms with Crippen LogP contribution < -0.4 is 16.0 Å². The van der Waals surface area contributed by atoms with Crippen molar-refractivity contribution in [1.82, 2.24) is 4.57 Å². The summed E-state index contributed by atoms with van der Waals surface area (Å²) in [6.45, 7) is 4.25. The van der Waals surface area contributed by atoms with Gasteiger partial charge in [-0.1, -0.05) is 29.8 Å². The summed E-state index contributed by atoms with van der Waals surface area (Å²) in [7, 11) is 0. The molecule has 0 radical (unpaired) electrons. The van der Waals surface area contributed by atoms with Crippen LogP contribution in [0.3, 0.4) is 0 Å². The van der Waals surface area contributed by atoms with Gasteiger partial charge >= 0.3 is 0 Å². The molecule has 1 aliphatic rings. The van der Waals surface area contributed by atoms with E-state index in [9.17, 15) is 10.1 Å². The highest BCUT2D eigenvalue weighted by molar-refractivity contribution is 6.31. The average molecular weight is 342 g/mol. The summed E-state index contributed by atoms with van der Waals surface area (Å²) in [5.41, 5.74) is 7.75. The molecule has 0 saturated carbocycles. The van der Waals surface area contributed by atoms with Crippen LogP contribution in [0.4, 0.5) is 0 Å². The average Bonchev–Trinajstić information content (AvgIpc) is 2.54. The van der Waals surface area contributed by atoms with E-state index in [2.05, 4.69) is 6.07 Å². The van der Waals surface area contributed by atoms with E-state index < -0.39 is 5.92 Å². The number of halogens is 1.